The Bertz CT molecular complexity index is 626. The molecule has 0 unspecified atom stereocenters. The summed E-state index contributed by atoms with van der Waals surface area (Å²) in [7, 11) is 0. The Balaban J connectivity index is 2.03. The van der Waals surface area contributed by atoms with Crippen molar-refractivity contribution in [2.45, 2.75) is 20.3 Å². The molecular formula is C16H17FN2S. The van der Waals surface area contributed by atoms with Crippen LogP contribution in [0.4, 0.5) is 15.8 Å². The second kappa shape index (κ2) is 6.48. The first-order chi connectivity index (χ1) is 9.58. The lowest BCUT2D eigenvalue weighted by Gasteiger charge is -2.11. The van der Waals surface area contributed by atoms with E-state index in [1.54, 1.807) is 19.1 Å². The second-order valence-electron chi connectivity index (χ2n) is 4.60. The van der Waals surface area contributed by atoms with Gasteiger partial charge in [0.05, 0.1) is 0 Å². The van der Waals surface area contributed by atoms with Gasteiger partial charge >= 0.3 is 0 Å². The van der Waals surface area contributed by atoms with Crippen molar-refractivity contribution in [2.75, 3.05) is 10.6 Å². The maximum absolute atomic E-state index is 13.5. The Morgan fingerprint density at radius 1 is 1.10 bits per heavy atom. The van der Waals surface area contributed by atoms with Crippen LogP contribution in [0.3, 0.4) is 0 Å². The Kier molecular flexibility index (Phi) is 4.69. The molecule has 20 heavy (non-hydrogen) atoms. The molecule has 104 valence electrons. The molecule has 2 nitrogen and oxygen atoms in total. The molecule has 0 amide bonds. The zero-order valence-electron chi connectivity index (χ0n) is 11.5. The molecule has 0 bridgehead atoms. The number of aryl methyl sites for hydroxylation is 2. The van der Waals surface area contributed by atoms with Crippen LogP contribution in [0.1, 0.15) is 18.1 Å². The van der Waals surface area contributed by atoms with Crippen LogP contribution in [0.25, 0.3) is 0 Å². The van der Waals surface area contributed by atoms with E-state index in [1.807, 2.05) is 18.2 Å². The zero-order valence-corrected chi connectivity index (χ0v) is 12.4. The highest BCUT2D eigenvalue weighted by Gasteiger charge is 2.02. The van der Waals surface area contributed by atoms with Crippen molar-refractivity contribution in [1.82, 2.24) is 0 Å². The zero-order chi connectivity index (χ0) is 14.5. The third-order valence-electron chi connectivity index (χ3n) is 3.02. The van der Waals surface area contributed by atoms with Crippen molar-refractivity contribution in [3.63, 3.8) is 0 Å². The number of benzene rings is 2. The molecule has 0 heterocycles. The number of hydrogen-bond donors (Lipinski definition) is 2. The molecule has 0 saturated carbocycles. The Hall–Kier alpha value is -1.94. The topological polar surface area (TPSA) is 24.1 Å². The number of nitrogens with one attached hydrogen (secondary N) is 2. The van der Waals surface area contributed by atoms with Crippen molar-refractivity contribution in [3.05, 3.63) is 59.4 Å². The first kappa shape index (κ1) is 14.5. The van der Waals surface area contributed by atoms with Crippen molar-refractivity contribution >= 4 is 28.7 Å². The fourth-order valence-corrected chi connectivity index (χ4v) is 2.07. The van der Waals surface area contributed by atoms with Crippen molar-refractivity contribution in [3.8, 4) is 0 Å². The molecule has 2 aromatic carbocycles. The van der Waals surface area contributed by atoms with E-state index < -0.39 is 0 Å². The molecular weight excluding hydrogens is 271 g/mol. The van der Waals surface area contributed by atoms with Crippen molar-refractivity contribution in [1.29, 1.82) is 0 Å². The minimum atomic E-state index is -0.245. The van der Waals surface area contributed by atoms with Crippen LogP contribution in [0.15, 0.2) is 42.5 Å². The van der Waals surface area contributed by atoms with Gasteiger partial charge in [-0.15, -0.1) is 0 Å². The molecule has 4 heteroatoms. The van der Waals surface area contributed by atoms with E-state index in [-0.39, 0.29) is 5.82 Å². The third kappa shape index (κ3) is 3.78. The fourth-order valence-electron chi connectivity index (χ4n) is 1.83. The maximum atomic E-state index is 13.5. The van der Waals surface area contributed by atoms with E-state index in [4.69, 9.17) is 12.2 Å². The van der Waals surface area contributed by atoms with E-state index in [0.29, 0.717) is 16.4 Å². The van der Waals surface area contributed by atoms with Gasteiger partial charge in [-0.2, -0.15) is 0 Å². The van der Waals surface area contributed by atoms with Crippen LogP contribution in [-0.4, -0.2) is 5.11 Å². The molecule has 0 aliphatic heterocycles. The molecule has 2 aromatic rings. The largest absolute Gasteiger partial charge is 0.332 e. The lowest BCUT2D eigenvalue weighted by molar-refractivity contribution is 0.619. The summed E-state index contributed by atoms with van der Waals surface area (Å²) < 4.78 is 13.5. The van der Waals surface area contributed by atoms with Gasteiger partial charge < -0.3 is 10.6 Å². The van der Waals surface area contributed by atoms with E-state index >= 15 is 0 Å². The highest BCUT2D eigenvalue weighted by molar-refractivity contribution is 7.80. The van der Waals surface area contributed by atoms with Crippen LogP contribution in [0, 0.1) is 12.7 Å². The summed E-state index contributed by atoms with van der Waals surface area (Å²) in [6.07, 6.45) is 0.971. The number of hydrogen-bond acceptors (Lipinski definition) is 1. The number of rotatable bonds is 3. The van der Waals surface area contributed by atoms with Crippen LogP contribution in [-0.2, 0) is 6.42 Å². The maximum Gasteiger partial charge on any atom is 0.175 e. The lowest BCUT2D eigenvalue weighted by atomic mass is 10.1. The molecule has 0 spiro atoms. The van der Waals surface area contributed by atoms with Crippen LogP contribution in [0.2, 0.25) is 0 Å². The minimum absolute atomic E-state index is 0.245. The number of anilines is 2. The van der Waals surface area contributed by atoms with Gasteiger partial charge in [0.25, 0.3) is 0 Å². The molecule has 0 aliphatic rings. The molecule has 0 fully saturated rings. The smallest absolute Gasteiger partial charge is 0.175 e. The summed E-state index contributed by atoms with van der Waals surface area (Å²) in [5.74, 6) is -0.245. The number of halogens is 1. The summed E-state index contributed by atoms with van der Waals surface area (Å²) in [5.41, 5.74) is 3.41. The molecule has 0 atom stereocenters. The Morgan fingerprint density at radius 3 is 2.45 bits per heavy atom. The first-order valence-electron chi connectivity index (χ1n) is 6.51. The van der Waals surface area contributed by atoms with Crippen LogP contribution < -0.4 is 10.6 Å². The van der Waals surface area contributed by atoms with Gasteiger partial charge in [-0.3, -0.25) is 0 Å². The summed E-state index contributed by atoms with van der Waals surface area (Å²) in [5, 5.41) is 6.52. The van der Waals surface area contributed by atoms with E-state index in [0.717, 1.165) is 12.1 Å². The molecule has 0 saturated heterocycles. The highest BCUT2D eigenvalue weighted by Crippen LogP contribution is 2.15. The average Bonchev–Trinajstić information content (AvgIpc) is 2.43. The van der Waals surface area contributed by atoms with E-state index in [9.17, 15) is 4.39 Å². The van der Waals surface area contributed by atoms with Gasteiger partial charge in [0.2, 0.25) is 0 Å². The summed E-state index contributed by atoms with van der Waals surface area (Å²) >= 11 is 5.23. The monoisotopic (exact) mass is 288 g/mol. The van der Waals surface area contributed by atoms with E-state index in [2.05, 4.69) is 23.6 Å². The molecule has 0 aliphatic carbocycles. The first-order valence-corrected chi connectivity index (χ1v) is 6.92. The van der Waals surface area contributed by atoms with Crippen LogP contribution in [0.5, 0.6) is 0 Å². The van der Waals surface area contributed by atoms with Crippen molar-refractivity contribution < 1.29 is 4.39 Å². The summed E-state index contributed by atoms with van der Waals surface area (Å²) in [6, 6.07) is 13.0. The predicted octanol–water partition coefficient (Wildman–Crippen LogP) is 4.51. The molecule has 2 N–H and O–H groups in total. The standard InChI is InChI=1S/C16H17FN2S/c1-3-12-5-4-6-13(9-12)18-16(20)19-14-8-7-11(2)15(17)10-14/h4-10H,3H2,1-2H3,(H2,18,19,20). The predicted molar refractivity (Wildman–Crippen MR) is 86.8 cm³/mol. The normalized spacial score (nSPS) is 10.2. The Morgan fingerprint density at radius 2 is 1.80 bits per heavy atom. The van der Waals surface area contributed by atoms with Gasteiger partial charge in [-0.05, 0) is 61.0 Å². The van der Waals surface area contributed by atoms with Gasteiger partial charge in [0.1, 0.15) is 5.82 Å². The lowest BCUT2D eigenvalue weighted by Crippen LogP contribution is -2.19. The van der Waals surface area contributed by atoms with Crippen LogP contribution >= 0.6 is 12.2 Å². The average molecular weight is 288 g/mol. The minimum Gasteiger partial charge on any atom is -0.332 e. The Labute approximate surface area is 124 Å². The summed E-state index contributed by atoms with van der Waals surface area (Å²) in [4.78, 5) is 0. The quantitative estimate of drug-likeness (QED) is 0.813. The number of thiocarbonyl (C=S) groups is 1. The molecule has 2 rings (SSSR count). The van der Waals surface area contributed by atoms with Gasteiger partial charge in [-0.25, -0.2) is 4.39 Å². The van der Waals surface area contributed by atoms with Crippen molar-refractivity contribution in [2.24, 2.45) is 0 Å². The molecule has 0 aromatic heterocycles. The summed E-state index contributed by atoms with van der Waals surface area (Å²) in [6.45, 7) is 3.83. The van der Waals surface area contributed by atoms with Gasteiger partial charge in [0.15, 0.2) is 5.11 Å². The third-order valence-corrected chi connectivity index (χ3v) is 3.23. The van der Waals surface area contributed by atoms with E-state index in [1.165, 1.54) is 11.6 Å². The highest BCUT2D eigenvalue weighted by atomic mass is 32.1. The van der Waals surface area contributed by atoms with Gasteiger partial charge in [0, 0.05) is 11.4 Å². The van der Waals surface area contributed by atoms with Gasteiger partial charge in [-0.1, -0.05) is 25.1 Å². The SMILES string of the molecule is CCc1cccc(NC(=S)Nc2ccc(C)c(F)c2)c1. The fraction of sp³-hybridized carbons (Fsp3) is 0.188. The second-order valence-corrected chi connectivity index (χ2v) is 5.01. The molecule has 0 radical (unpaired) electrons.